The molecule has 10 radical (unpaired) electrons. The first-order valence-corrected chi connectivity index (χ1v) is 12.4. The molecule has 2 unspecified atom stereocenters. The Kier molecular flexibility index (Phi) is 7.51. The van der Waals surface area contributed by atoms with Gasteiger partial charge < -0.3 is 14.4 Å². The predicted octanol–water partition coefficient (Wildman–Crippen LogP) is -3.30. The molecule has 8 nitrogen and oxygen atoms in total. The number of piperidine rings is 1. The molecule has 3 aliphatic rings. The van der Waals surface area contributed by atoms with Gasteiger partial charge in [0.15, 0.2) is 0 Å². The molecule has 2 aromatic rings. The largest absolute Gasteiger partial charge is 0.496 e. The molecule has 0 aromatic heterocycles. The first-order valence-electron chi connectivity index (χ1n) is 12.4. The standard InChI is InChI=1S/C25H22B5N3O5/c26-19-14(10-32-6-8-37-9-7-32)20(27)22(29)18(21(19)28)23(30)38-16-3-1-2-12-13(16)11-33(25(12)36)15-4-5-17(34)31-24(15)35/h1-3,15,23H,4-11H2,(H,31,34,35). The van der Waals surface area contributed by atoms with Crippen LogP contribution in [0, 0.1) is 0 Å². The van der Waals surface area contributed by atoms with Gasteiger partial charge in [0.25, 0.3) is 5.91 Å². The third-order valence-corrected chi connectivity index (χ3v) is 7.37. The highest BCUT2D eigenvalue weighted by Gasteiger charge is 2.40. The number of hydrogen-bond donors (Lipinski definition) is 1. The molecule has 0 spiro atoms. The summed E-state index contributed by atoms with van der Waals surface area (Å²) in [6.07, 6.45) is 0.413. The number of fused-ring (bicyclic) bond motifs is 1. The molecule has 0 saturated carbocycles. The van der Waals surface area contributed by atoms with Crippen molar-refractivity contribution in [3.05, 3.63) is 40.5 Å². The van der Waals surface area contributed by atoms with Crippen LogP contribution in [0.15, 0.2) is 18.2 Å². The number of amides is 3. The van der Waals surface area contributed by atoms with Crippen molar-refractivity contribution < 1.29 is 23.9 Å². The number of imide groups is 1. The van der Waals surface area contributed by atoms with Gasteiger partial charge in [-0.15, -0.1) is 0 Å². The van der Waals surface area contributed by atoms with Gasteiger partial charge in [0.1, 0.15) is 51.0 Å². The van der Waals surface area contributed by atoms with Crippen LogP contribution < -0.4 is 31.9 Å². The molecule has 3 heterocycles. The first kappa shape index (κ1) is 26.7. The van der Waals surface area contributed by atoms with Crippen LogP contribution in [0.4, 0.5) is 0 Å². The normalized spacial score (nSPS) is 20.8. The van der Waals surface area contributed by atoms with Crippen molar-refractivity contribution in [3.63, 3.8) is 0 Å². The fourth-order valence-electron chi connectivity index (χ4n) is 5.23. The van der Waals surface area contributed by atoms with Gasteiger partial charge in [-0.3, -0.25) is 24.6 Å². The quantitative estimate of drug-likeness (QED) is 0.332. The number of nitrogens with zero attached hydrogens (tertiary/aromatic N) is 2. The maximum Gasteiger partial charge on any atom is 0.255 e. The number of carbonyl (C=O) groups is 3. The maximum atomic E-state index is 13.1. The third kappa shape index (κ3) is 4.82. The molecule has 2 fully saturated rings. The summed E-state index contributed by atoms with van der Waals surface area (Å²) in [5.74, 6) is -0.833. The molecule has 2 atom stereocenters. The van der Waals surface area contributed by atoms with E-state index in [9.17, 15) is 14.4 Å². The summed E-state index contributed by atoms with van der Waals surface area (Å²) < 4.78 is 11.5. The van der Waals surface area contributed by atoms with Crippen LogP contribution in [0.2, 0.25) is 0 Å². The molecule has 3 aliphatic heterocycles. The van der Waals surface area contributed by atoms with Crippen LogP contribution in [-0.2, 0) is 27.4 Å². The monoisotopic (exact) mass is 499 g/mol. The zero-order valence-corrected chi connectivity index (χ0v) is 20.9. The number of carbonyl (C=O) groups excluding carboxylic acids is 3. The molecular formula is C25H22B5N3O5. The Hall–Kier alpha value is -2.91. The molecule has 38 heavy (non-hydrogen) atoms. The van der Waals surface area contributed by atoms with E-state index in [0.29, 0.717) is 42.2 Å². The molecule has 182 valence electrons. The lowest BCUT2D eigenvalue weighted by atomic mass is 9.62. The Morgan fingerprint density at radius 1 is 1.03 bits per heavy atom. The van der Waals surface area contributed by atoms with Gasteiger partial charge in [-0.05, 0) is 29.7 Å². The SMILES string of the molecule is [B]c1c([B])c(C([B])Oc2cccc3c2CN(C2CCC(=O)NC2=O)C3=O)c([B])c([B])c1CN1CCOCC1. The molecular weight excluding hydrogens is 476 g/mol. The first-order chi connectivity index (χ1) is 18.2. The second kappa shape index (κ2) is 10.7. The van der Waals surface area contributed by atoms with Gasteiger partial charge in [-0.2, -0.15) is 0 Å². The fourth-order valence-corrected chi connectivity index (χ4v) is 5.23. The molecule has 0 bridgehead atoms. The highest BCUT2D eigenvalue weighted by molar-refractivity contribution is 6.58. The van der Waals surface area contributed by atoms with E-state index in [4.69, 9.17) is 48.7 Å². The summed E-state index contributed by atoms with van der Waals surface area (Å²) >= 11 is 0. The van der Waals surface area contributed by atoms with E-state index in [1.807, 2.05) is 0 Å². The van der Waals surface area contributed by atoms with Crippen molar-refractivity contribution >= 4 is 78.8 Å². The van der Waals surface area contributed by atoms with Gasteiger partial charge >= 0.3 is 0 Å². The number of morpholine rings is 1. The minimum absolute atomic E-state index is 0.122. The second-order valence-electron chi connectivity index (χ2n) is 9.66. The number of ether oxygens (including phenoxy) is 2. The highest BCUT2D eigenvalue weighted by atomic mass is 16.5. The van der Waals surface area contributed by atoms with Gasteiger partial charge in [-0.1, -0.05) is 27.9 Å². The van der Waals surface area contributed by atoms with E-state index in [1.54, 1.807) is 18.2 Å². The van der Waals surface area contributed by atoms with Crippen LogP contribution >= 0.6 is 0 Å². The van der Waals surface area contributed by atoms with Crippen LogP contribution in [0.1, 0.15) is 45.9 Å². The topological polar surface area (TPSA) is 88.2 Å². The summed E-state index contributed by atoms with van der Waals surface area (Å²) in [4.78, 5) is 40.6. The number of benzene rings is 2. The van der Waals surface area contributed by atoms with E-state index in [-0.39, 0.29) is 58.6 Å². The van der Waals surface area contributed by atoms with Crippen molar-refractivity contribution in [1.82, 2.24) is 15.1 Å². The molecule has 3 amide bonds. The highest BCUT2D eigenvalue weighted by Crippen LogP contribution is 2.35. The summed E-state index contributed by atoms with van der Waals surface area (Å²) in [5.41, 5.74) is 2.78. The fraction of sp³-hybridized carbons (Fsp3) is 0.400. The van der Waals surface area contributed by atoms with E-state index < -0.39 is 18.0 Å². The van der Waals surface area contributed by atoms with E-state index in [0.717, 1.165) is 13.1 Å². The van der Waals surface area contributed by atoms with Crippen LogP contribution in [-0.4, -0.2) is 99.1 Å². The van der Waals surface area contributed by atoms with Gasteiger partial charge in [0, 0.05) is 37.2 Å². The Labute approximate surface area is 228 Å². The van der Waals surface area contributed by atoms with Crippen LogP contribution in [0.25, 0.3) is 0 Å². The minimum Gasteiger partial charge on any atom is -0.496 e. The molecule has 0 aliphatic carbocycles. The maximum absolute atomic E-state index is 13.1. The average Bonchev–Trinajstić information content (AvgIpc) is 3.23. The average molecular weight is 499 g/mol. The van der Waals surface area contributed by atoms with Gasteiger partial charge in [0.2, 0.25) is 11.8 Å². The zero-order valence-electron chi connectivity index (χ0n) is 20.9. The molecule has 5 rings (SSSR count). The van der Waals surface area contributed by atoms with E-state index in [2.05, 4.69) is 10.2 Å². The van der Waals surface area contributed by atoms with Crippen molar-refractivity contribution in [2.24, 2.45) is 0 Å². The number of hydrogen-bond acceptors (Lipinski definition) is 6. The molecule has 2 aromatic carbocycles. The van der Waals surface area contributed by atoms with Gasteiger partial charge in [0.05, 0.1) is 25.8 Å². The predicted molar refractivity (Wildman–Crippen MR) is 146 cm³/mol. The van der Waals surface area contributed by atoms with Crippen molar-refractivity contribution in [2.75, 3.05) is 26.3 Å². The lowest BCUT2D eigenvalue weighted by Crippen LogP contribution is -2.52. The zero-order chi connectivity index (χ0) is 27.1. The number of nitrogens with one attached hydrogen (secondary N) is 1. The van der Waals surface area contributed by atoms with Crippen molar-refractivity contribution in [1.29, 1.82) is 0 Å². The smallest absolute Gasteiger partial charge is 0.255 e. The molecule has 2 saturated heterocycles. The number of rotatable bonds is 6. The summed E-state index contributed by atoms with van der Waals surface area (Å²) in [6.45, 7) is 3.29. The Morgan fingerprint density at radius 3 is 2.37 bits per heavy atom. The lowest BCUT2D eigenvalue weighted by Gasteiger charge is -2.31. The Balaban J connectivity index is 1.39. The Morgan fingerprint density at radius 2 is 1.71 bits per heavy atom. The van der Waals surface area contributed by atoms with E-state index in [1.165, 1.54) is 4.90 Å². The third-order valence-electron chi connectivity index (χ3n) is 7.37. The van der Waals surface area contributed by atoms with E-state index >= 15 is 0 Å². The van der Waals surface area contributed by atoms with Gasteiger partial charge in [-0.25, -0.2) is 0 Å². The van der Waals surface area contributed by atoms with Crippen LogP contribution in [0.5, 0.6) is 5.75 Å². The summed E-state index contributed by atoms with van der Waals surface area (Å²) in [7, 11) is 32.0. The van der Waals surface area contributed by atoms with Crippen molar-refractivity contribution in [2.45, 2.75) is 38.0 Å². The summed E-state index contributed by atoms with van der Waals surface area (Å²) in [6, 6.07) is 3.10. The summed E-state index contributed by atoms with van der Waals surface area (Å²) in [5, 5.41) is 2.29. The minimum atomic E-state index is -1.14. The molecule has 13 heteroatoms. The molecule has 1 N–H and O–H groups in total. The lowest BCUT2D eigenvalue weighted by molar-refractivity contribution is -0.136. The van der Waals surface area contributed by atoms with Crippen molar-refractivity contribution in [3.8, 4) is 5.75 Å². The van der Waals surface area contributed by atoms with Crippen LogP contribution in [0.3, 0.4) is 0 Å². The Bertz CT molecular complexity index is 1290. The second-order valence-corrected chi connectivity index (χ2v) is 9.66.